The van der Waals surface area contributed by atoms with Gasteiger partial charge < -0.3 is 10.3 Å². The Labute approximate surface area is 170 Å². The molecule has 2 N–H and O–H groups in total. The fourth-order valence-electron chi connectivity index (χ4n) is 3.31. The molecule has 4 aromatic heterocycles. The summed E-state index contributed by atoms with van der Waals surface area (Å²) in [5.74, 6) is 0.454. The number of H-pyrrole nitrogens is 1. The second-order valence-electron chi connectivity index (χ2n) is 6.74. The van der Waals surface area contributed by atoms with Gasteiger partial charge in [0, 0.05) is 23.5 Å². The molecule has 0 unspecified atom stereocenters. The summed E-state index contributed by atoms with van der Waals surface area (Å²) < 4.78 is 1.91. The minimum Gasteiger partial charge on any atom is -0.345 e. The van der Waals surface area contributed by atoms with Crippen molar-refractivity contribution in [3.63, 3.8) is 0 Å². The lowest BCUT2D eigenvalue weighted by Gasteiger charge is -2.06. The number of carbonyl (C=O) groups is 1. The third-order valence-electron chi connectivity index (χ3n) is 4.83. The quantitative estimate of drug-likeness (QED) is 0.487. The number of benzene rings is 1. The molecule has 1 aromatic carbocycles. The Bertz CT molecular complexity index is 1390. The zero-order chi connectivity index (χ0) is 20.5. The van der Waals surface area contributed by atoms with Gasteiger partial charge in [-0.3, -0.25) is 14.2 Å². The summed E-state index contributed by atoms with van der Waals surface area (Å²) in [6.07, 6.45) is 6.95. The van der Waals surface area contributed by atoms with Crippen molar-refractivity contribution >= 4 is 22.6 Å². The monoisotopic (exact) mass is 393 g/mol. The van der Waals surface area contributed by atoms with Crippen LogP contribution in [-0.2, 0) is 6.54 Å². The maximum Gasteiger partial charge on any atom is 0.251 e. The van der Waals surface area contributed by atoms with Crippen LogP contribution in [0.15, 0.2) is 67.3 Å². The summed E-state index contributed by atoms with van der Waals surface area (Å²) in [6.45, 7) is 0.281. The Morgan fingerprint density at radius 1 is 1.17 bits per heavy atom. The molecular weight excluding hydrogens is 378 g/mol. The first-order chi connectivity index (χ1) is 14.7. The highest BCUT2D eigenvalue weighted by Gasteiger charge is 2.11. The molecule has 0 saturated heterocycles. The maximum atomic E-state index is 12.6. The van der Waals surface area contributed by atoms with Gasteiger partial charge in [-0.1, -0.05) is 12.1 Å². The number of fused-ring (bicyclic) bond motifs is 2. The van der Waals surface area contributed by atoms with Gasteiger partial charge in [0.05, 0.1) is 47.3 Å². The summed E-state index contributed by atoms with van der Waals surface area (Å²) in [6, 6.07) is 14.7. The van der Waals surface area contributed by atoms with Crippen LogP contribution in [0.25, 0.3) is 27.9 Å². The number of imidazole rings is 2. The van der Waals surface area contributed by atoms with Gasteiger partial charge in [0.1, 0.15) is 11.5 Å². The van der Waals surface area contributed by atoms with Crippen molar-refractivity contribution in [1.82, 2.24) is 29.7 Å². The number of amides is 1. The number of nitrogens with one attached hydrogen (secondary N) is 2. The molecule has 0 atom stereocenters. The number of aromatic amines is 1. The molecule has 0 aliphatic heterocycles. The lowest BCUT2D eigenvalue weighted by molar-refractivity contribution is 0.0950. The fourth-order valence-corrected chi connectivity index (χ4v) is 3.31. The minimum atomic E-state index is -0.209. The van der Waals surface area contributed by atoms with Crippen LogP contribution < -0.4 is 5.32 Å². The number of carbonyl (C=O) groups excluding carboxylic acids is 1. The lowest BCUT2D eigenvalue weighted by Crippen LogP contribution is -2.23. The van der Waals surface area contributed by atoms with E-state index >= 15 is 0 Å². The molecule has 144 valence electrons. The van der Waals surface area contributed by atoms with Gasteiger partial charge in [-0.05, 0) is 30.3 Å². The highest BCUT2D eigenvalue weighted by Crippen LogP contribution is 2.22. The molecule has 0 saturated carbocycles. The molecule has 0 spiro atoms. The van der Waals surface area contributed by atoms with Crippen LogP contribution in [0, 0.1) is 11.3 Å². The van der Waals surface area contributed by atoms with Gasteiger partial charge >= 0.3 is 0 Å². The Balaban J connectivity index is 1.35. The third-order valence-corrected chi connectivity index (χ3v) is 4.83. The van der Waals surface area contributed by atoms with Crippen molar-refractivity contribution in [2.75, 3.05) is 0 Å². The standard InChI is InChI=1S/C22H15N7O/c23-10-14-1-3-15(4-2-14)19-12-25-21-9-16(6-8-29(19)21)22(30)26-13-20-27-17-5-7-24-11-18(17)28-20/h1-9,11-12H,13H2,(H,26,30)(H,27,28). The second-order valence-corrected chi connectivity index (χ2v) is 6.74. The molecule has 8 heteroatoms. The number of nitrogens with zero attached hydrogens (tertiary/aromatic N) is 5. The van der Waals surface area contributed by atoms with Crippen molar-refractivity contribution in [3.05, 3.63) is 84.2 Å². The molecule has 1 amide bonds. The van der Waals surface area contributed by atoms with Crippen LogP contribution >= 0.6 is 0 Å². The summed E-state index contributed by atoms with van der Waals surface area (Å²) in [4.78, 5) is 28.6. The molecule has 0 radical (unpaired) electrons. The van der Waals surface area contributed by atoms with E-state index in [1.807, 2.05) is 28.8 Å². The predicted octanol–water partition coefficient (Wildman–Crippen LogP) is 3.07. The van der Waals surface area contributed by atoms with Gasteiger partial charge in [0.25, 0.3) is 5.91 Å². The normalized spacial score (nSPS) is 10.9. The van der Waals surface area contributed by atoms with Crippen molar-refractivity contribution < 1.29 is 4.79 Å². The Kier molecular flexibility index (Phi) is 4.19. The summed E-state index contributed by atoms with van der Waals surface area (Å²) in [5, 5.41) is 11.8. The van der Waals surface area contributed by atoms with Crippen LogP contribution in [-0.4, -0.2) is 30.2 Å². The van der Waals surface area contributed by atoms with E-state index < -0.39 is 0 Å². The molecule has 4 heterocycles. The molecule has 0 aliphatic carbocycles. The molecule has 8 nitrogen and oxygen atoms in total. The average molecular weight is 393 g/mol. The number of hydrogen-bond donors (Lipinski definition) is 2. The van der Waals surface area contributed by atoms with Crippen molar-refractivity contribution in [1.29, 1.82) is 5.26 Å². The molecule has 5 aromatic rings. The highest BCUT2D eigenvalue weighted by atomic mass is 16.1. The summed E-state index contributed by atoms with van der Waals surface area (Å²) >= 11 is 0. The Morgan fingerprint density at radius 2 is 2.03 bits per heavy atom. The SMILES string of the molecule is N#Cc1ccc(-c2cnc3cc(C(=O)NCc4nc5ccncc5[nH]4)ccn23)cc1. The van der Waals surface area contributed by atoms with E-state index in [9.17, 15) is 4.79 Å². The zero-order valence-corrected chi connectivity index (χ0v) is 15.7. The zero-order valence-electron chi connectivity index (χ0n) is 15.7. The van der Waals surface area contributed by atoms with Gasteiger partial charge in [-0.2, -0.15) is 5.26 Å². The number of rotatable bonds is 4. The number of pyridine rings is 2. The first kappa shape index (κ1) is 17.6. The van der Waals surface area contributed by atoms with Crippen LogP contribution in [0.3, 0.4) is 0 Å². The maximum absolute atomic E-state index is 12.6. The average Bonchev–Trinajstić information content (AvgIpc) is 3.40. The van der Waals surface area contributed by atoms with E-state index in [1.165, 1.54) is 0 Å². The van der Waals surface area contributed by atoms with Gasteiger partial charge in [0.2, 0.25) is 0 Å². The number of hydrogen-bond acceptors (Lipinski definition) is 5. The molecule has 0 aliphatic rings. The van der Waals surface area contributed by atoms with Crippen LogP contribution in [0.5, 0.6) is 0 Å². The van der Waals surface area contributed by atoms with E-state index in [0.717, 1.165) is 22.3 Å². The minimum absolute atomic E-state index is 0.209. The van der Waals surface area contributed by atoms with E-state index in [-0.39, 0.29) is 12.5 Å². The van der Waals surface area contributed by atoms with Crippen molar-refractivity contribution in [2.24, 2.45) is 0 Å². The van der Waals surface area contributed by atoms with Crippen molar-refractivity contribution in [3.8, 4) is 17.3 Å². The molecule has 0 fully saturated rings. The second kappa shape index (κ2) is 7.14. The Hall–Kier alpha value is -4.51. The van der Waals surface area contributed by atoms with E-state index in [0.29, 0.717) is 22.6 Å². The summed E-state index contributed by atoms with van der Waals surface area (Å²) in [5.41, 5.74) is 5.25. The van der Waals surface area contributed by atoms with Gasteiger partial charge in [-0.15, -0.1) is 0 Å². The molecule has 30 heavy (non-hydrogen) atoms. The van der Waals surface area contributed by atoms with E-state index in [4.69, 9.17) is 5.26 Å². The van der Waals surface area contributed by atoms with Crippen LogP contribution in [0.2, 0.25) is 0 Å². The lowest BCUT2D eigenvalue weighted by atomic mass is 10.1. The Morgan fingerprint density at radius 3 is 2.83 bits per heavy atom. The fraction of sp³-hybridized carbons (Fsp3) is 0.0455. The molecular formula is C22H15N7O. The molecule has 5 rings (SSSR count). The number of nitriles is 1. The van der Waals surface area contributed by atoms with Gasteiger partial charge in [-0.25, -0.2) is 9.97 Å². The summed E-state index contributed by atoms with van der Waals surface area (Å²) in [7, 11) is 0. The van der Waals surface area contributed by atoms with Crippen LogP contribution in [0.1, 0.15) is 21.7 Å². The van der Waals surface area contributed by atoms with E-state index in [1.54, 1.807) is 42.9 Å². The van der Waals surface area contributed by atoms with Crippen molar-refractivity contribution in [2.45, 2.75) is 6.54 Å². The smallest absolute Gasteiger partial charge is 0.251 e. The first-order valence-electron chi connectivity index (χ1n) is 9.26. The third kappa shape index (κ3) is 3.14. The largest absolute Gasteiger partial charge is 0.345 e. The highest BCUT2D eigenvalue weighted by molar-refractivity contribution is 5.95. The number of aromatic nitrogens is 5. The topological polar surface area (TPSA) is 112 Å². The first-order valence-corrected chi connectivity index (χ1v) is 9.26. The molecule has 0 bridgehead atoms. The van der Waals surface area contributed by atoms with Crippen LogP contribution in [0.4, 0.5) is 0 Å². The van der Waals surface area contributed by atoms with Gasteiger partial charge in [0.15, 0.2) is 0 Å². The van der Waals surface area contributed by atoms with E-state index in [2.05, 4.69) is 31.3 Å². The predicted molar refractivity (Wildman–Crippen MR) is 110 cm³/mol.